The Morgan fingerprint density at radius 3 is 2.25 bits per heavy atom. The molecule has 1 rings (SSSR count). The minimum absolute atomic E-state index is 0.0220. The molecule has 0 unspecified atom stereocenters. The van der Waals surface area contributed by atoms with Crippen LogP contribution in [0, 0.1) is 17.2 Å². The molecule has 0 saturated heterocycles. The van der Waals surface area contributed by atoms with E-state index in [1.165, 1.54) is 0 Å². The van der Waals surface area contributed by atoms with E-state index in [0.29, 0.717) is 0 Å². The van der Waals surface area contributed by atoms with Crippen LogP contribution in [0.15, 0.2) is 11.3 Å². The third kappa shape index (κ3) is 1.40. The Balaban J connectivity index is 2.86. The summed E-state index contributed by atoms with van der Waals surface area (Å²) in [6, 6.07) is 1.73. The van der Waals surface area contributed by atoms with Gasteiger partial charge in [-0.1, -0.05) is 6.42 Å². The molecule has 0 radical (unpaired) electrons. The molecule has 1 fully saturated rings. The van der Waals surface area contributed by atoms with Crippen molar-refractivity contribution >= 4 is 5.97 Å². The molecule has 4 nitrogen and oxygen atoms in total. The molecule has 0 aliphatic heterocycles. The first kappa shape index (κ1) is 8.60. The van der Waals surface area contributed by atoms with Crippen LogP contribution in [0.3, 0.4) is 0 Å². The molecule has 1 aliphatic carbocycles. The summed E-state index contributed by atoms with van der Waals surface area (Å²) in [6.45, 7) is 0. The first-order valence-electron chi connectivity index (χ1n) is 3.73. The molecule has 0 aromatic carbocycles. The Morgan fingerprint density at radius 1 is 1.42 bits per heavy atom. The lowest BCUT2D eigenvalue weighted by Crippen LogP contribution is -2.17. The van der Waals surface area contributed by atoms with Gasteiger partial charge in [0.1, 0.15) is 0 Å². The van der Waals surface area contributed by atoms with E-state index in [0.717, 1.165) is 19.3 Å². The summed E-state index contributed by atoms with van der Waals surface area (Å²) in [5, 5.41) is 25.9. The molecule has 0 amide bonds. The van der Waals surface area contributed by atoms with Gasteiger partial charge in [0, 0.05) is 0 Å². The van der Waals surface area contributed by atoms with Crippen LogP contribution in [-0.4, -0.2) is 16.2 Å². The molecule has 1 saturated carbocycles. The van der Waals surface area contributed by atoms with Gasteiger partial charge in [-0.25, -0.2) is 4.79 Å². The number of hydrogen-bond donors (Lipinski definition) is 2. The number of aliphatic hydroxyl groups excluding tert-OH is 1. The average Bonchev–Trinajstić information content (AvgIpc) is 1.94. The van der Waals surface area contributed by atoms with Gasteiger partial charge in [0.05, 0.1) is 11.6 Å². The van der Waals surface area contributed by atoms with Crippen molar-refractivity contribution in [3.8, 4) is 6.07 Å². The van der Waals surface area contributed by atoms with Gasteiger partial charge >= 0.3 is 5.97 Å². The molecule has 0 atom stereocenters. The maximum atomic E-state index is 10.3. The average molecular weight is 167 g/mol. The predicted octanol–water partition coefficient (Wildman–Crippen LogP) is 1.21. The van der Waals surface area contributed by atoms with Crippen LogP contribution in [0.1, 0.15) is 19.3 Å². The van der Waals surface area contributed by atoms with Gasteiger partial charge in [0.15, 0.2) is 0 Å². The number of allylic oxidation sites excluding steroid dienone is 1. The van der Waals surface area contributed by atoms with Crippen molar-refractivity contribution in [2.24, 2.45) is 5.92 Å². The zero-order chi connectivity index (χ0) is 9.14. The van der Waals surface area contributed by atoms with E-state index >= 15 is 0 Å². The van der Waals surface area contributed by atoms with Gasteiger partial charge in [-0.05, 0) is 18.8 Å². The minimum Gasteiger partial charge on any atom is -0.501 e. The molecule has 0 aromatic heterocycles. The number of aliphatic carboxylic acids is 1. The minimum atomic E-state index is -1.42. The topological polar surface area (TPSA) is 81.3 Å². The van der Waals surface area contributed by atoms with Crippen molar-refractivity contribution < 1.29 is 15.0 Å². The third-order valence-electron chi connectivity index (χ3n) is 2.09. The highest BCUT2D eigenvalue weighted by molar-refractivity contribution is 5.85. The molecule has 12 heavy (non-hydrogen) atoms. The number of carboxylic acids is 1. The van der Waals surface area contributed by atoms with Crippen LogP contribution >= 0.6 is 0 Å². The fourth-order valence-corrected chi connectivity index (χ4v) is 1.15. The second kappa shape index (κ2) is 3.26. The van der Waals surface area contributed by atoms with E-state index in [4.69, 9.17) is 15.5 Å². The maximum Gasteiger partial charge on any atom is 0.372 e. The van der Waals surface area contributed by atoms with Gasteiger partial charge in [-0.15, -0.1) is 0 Å². The Morgan fingerprint density at radius 2 is 2.00 bits per heavy atom. The number of rotatable bonds is 2. The van der Waals surface area contributed by atoms with Crippen molar-refractivity contribution in [2.45, 2.75) is 19.3 Å². The lowest BCUT2D eigenvalue weighted by Gasteiger charge is -2.24. The molecule has 0 heterocycles. The fraction of sp³-hybridized carbons (Fsp3) is 0.500. The van der Waals surface area contributed by atoms with E-state index in [1.54, 1.807) is 6.07 Å². The number of nitriles is 1. The van der Waals surface area contributed by atoms with Crippen LogP contribution in [-0.2, 0) is 4.79 Å². The molecule has 4 heteroatoms. The van der Waals surface area contributed by atoms with Crippen molar-refractivity contribution in [3.05, 3.63) is 11.3 Å². The summed E-state index contributed by atoms with van der Waals surface area (Å²) < 4.78 is 0. The summed E-state index contributed by atoms with van der Waals surface area (Å²) in [5.41, 5.74) is 0.0220. The zero-order valence-corrected chi connectivity index (χ0v) is 6.45. The van der Waals surface area contributed by atoms with E-state index < -0.39 is 11.7 Å². The number of carbonyl (C=O) groups is 1. The van der Waals surface area contributed by atoms with Crippen molar-refractivity contribution in [2.75, 3.05) is 0 Å². The molecule has 0 spiro atoms. The lowest BCUT2D eigenvalue weighted by atomic mass is 9.79. The fourth-order valence-electron chi connectivity index (χ4n) is 1.15. The highest BCUT2D eigenvalue weighted by Gasteiger charge is 2.27. The largest absolute Gasteiger partial charge is 0.501 e. The Hall–Kier alpha value is -1.50. The molecule has 2 N–H and O–H groups in total. The zero-order valence-electron chi connectivity index (χ0n) is 6.45. The summed E-state index contributed by atoms with van der Waals surface area (Å²) >= 11 is 0. The molecule has 1 aliphatic rings. The van der Waals surface area contributed by atoms with Crippen molar-refractivity contribution in [3.63, 3.8) is 0 Å². The number of hydrogen-bond acceptors (Lipinski definition) is 3. The van der Waals surface area contributed by atoms with Crippen LogP contribution in [0.5, 0.6) is 0 Å². The van der Waals surface area contributed by atoms with Crippen LogP contribution in [0.25, 0.3) is 0 Å². The molecule has 0 aromatic rings. The van der Waals surface area contributed by atoms with E-state index in [9.17, 15) is 4.79 Å². The Kier molecular flexibility index (Phi) is 2.34. The second-order valence-electron chi connectivity index (χ2n) is 2.81. The quantitative estimate of drug-likeness (QED) is 0.368. The summed E-state index contributed by atoms with van der Waals surface area (Å²) in [5.74, 6) is -2.24. The molecule has 64 valence electrons. The summed E-state index contributed by atoms with van der Waals surface area (Å²) in [7, 11) is 0. The Labute approximate surface area is 69.7 Å². The highest BCUT2D eigenvalue weighted by Crippen LogP contribution is 2.33. The third-order valence-corrected chi connectivity index (χ3v) is 2.09. The van der Waals surface area contributed by atoms with Crippen LogP contribution < -0.4 is 0 Å². The smallest absolute Gasteiger partial charge is 0.372 e. The maximum absolute atomic E-state index is 10.3. The molecule has 0 bridgehead atoms. The van der Waals surface area contributed by atoms with Crippen LogP contribution in [0.4, 0.5) is 0 Å². The van der Waals surface area contributed by atoms with Crippen LogP contribution in [0.2, 0.25) is 0 Å². The van der Waals surface area contributed by atoms with Crippen molar-refractivity contribution in [1.29, 1.82) is 5.26 Å². The van der Waals surface area contributed by atoms with E-state index in [-0.39, 0.29) is 11.5 Å². The number of aliphatic hydroxyl groups is 1. The normalized spacial score (nSPS) is 18.9. The standard InChI is InChI=1S/C8H9NO3/c9-4-6(5-2-1-3-5)7(10)8(11)12/h5,10H,1-3H2,(H,11,12)/b7-6-. The van der Waals surface area contributed by atoms with Gasteiger partial charge < -0.3 is 10.2 Å². The van der Waals surface area contributed by atoms with Gasteiger partial charge in [0.25, 0.3) is 0 Å². The predicted molar refractivity (Wildman–Crippen MR) is 40.2 cm³/mol. The first-order valence-corrected chi connectivity index (χ1v) is 3.73. The Bertz CT molecular complexity index is 271. The molecular weight excluding hydrogens is 158 g/mol. The summed E-state index contributed by atoms with van der Waals surface area (Å²) in [6.07, 6.45) is 2.61. The number of carboxylic acid groups (broad SMARTS) is 1. The highest BCUT2D eigenvalue weighted by atomic mass is 16.4. The monoisotopic (exact) mass is 167 g/mol. The van der Waals surface area contributed by atoms with Gasteiger partial charge in [-0.2, -0.15) is 5.26 Å². The van der Waals surface area contributed by atoms with E-state index in [2.05, 4.69) is 0 Å². The van der Waals surface area contributed by atoms with Crippen molar-refractivity contribution in [1.82, 2.24) is 0 Å². The SMILES string of the molecule is N#C/C(=C(/O)C(=O)O)C1CCC1. The van der Waals surface area contributed by atoms with Gasteiger partial charge in [0.2, 0.25) is 5.76 Å². The first-order chi connectivity index (χ1) is 5.66. The second-order valence-corrected chi connectivity index (χ2v) is 2.81. The number of nitrogens with zero attached hydrogens (tertiary/aromatic N) is 1. The lowest BCUT2D eigenvalue weighted by molar-refractivity contribution is -0.135. The van der Waals surface area contributed by atoms with Gasteiger partial charge in [-0.3, -0.25) is 0 Å². The van der Waals surface area contributed by atoms with E-state index in [1.807, 2.05) is 0 Å². The summed E-state index contributed by atoms with van der Waals surface area (Å²) in [4.78, 5) is 10.3. The molecular formula is C8H9NO3.